The largest absolute Gasteiger partial charge is 0.390 e. The van der Waals surface area contributed by atoms with Crippen LogP contribution >= 0.6 is 0 Å². The van der Waals surface area contributed by atoms with E-state index in [1.165, 1.54) is 0 Å². The van der Waals surface area contributed by atoms with Gasteiger partial charge in [0.15, 0.2) is 0 Å². The number of anilines is 1. The molecule has 8 nitrogen and oxygen atoms in total. The molecule has 5 saturated carbocycles. The number of rotatable bonds is 5. The molecule has 5 aliphatic carbocycles. The van der Waals surface area contributed by atoms with Gasteiger partial charge in [0.1, 0.15) is 6.17 Å². The third-order valence-corrected chi connectivity index (χ3v) is 9.55. The fraction of sp³-hybridized carbons (Fsp3) is 0.769. The Morgan fingerprint density at radius 2 is 1.88 bits per heavy atom. The lowest BCUT2D eigenvalue weighted by atomic mass is 9.52. The Hall–Kier alpha value is -2.22. The molecule has 184 valence electrons. The number of nitrogens with zero attached hydrogens (tertiary/aromatic N) is 4. The zero-order valence-electron chi connectivity index (χ0n) is 20.4. The summed E-state index contributed by atoms with van der Waals surface area (Å²) >= 11 is 0. The Morgan fingerprint density at radius 1 is 1.18 bits per heavy atom. The molecule has 6 aliphatic rings. The summed E-state index contributed by atoms with van der Waals surface area (Å²) in [6.45, 7) is 0. The summed E-state index contributed by atoms with van der Waals surface area (Å²) in [6.07, 6.45) is 12.2. The van der Waals surface area contributed by atoms with E-state index in [-0.39, 0.29) is 29.9 Å². The normalized spacial score (nSPS) is 37.0. The predicted octanol–water partition coefficient (Wildman–Crippen LogP) is 2.82. The van der Waals surface area contributed by atoms with Crippen molar-refractivity contribution in [1.29, 1.82) is 0 Å². The zero-order valence-corrected chi connectivity index (χ0v) is 20.4. The van der Waals surface area contributed by atoms with Crippen LogP contribution in [0.25, 0.3) is 0 Å². The average Bonchev–Trinajstić information content (AvgIpc) is 3.45. The van der Waals surface area contributed by atoms with Crippen molar-refractivity contribution < 1.29 is 14.7 Å². The molecular weight excluding hydrogens is 430 g/mol. The van der Waals surface area contributed by atoms with Crippen molar-refractivity contribution in [2.75, 3.05) is 19.0 Å². The van der Waals surface area contributed by atoms with Gasteiger partial charge in [-0.2, -0.15) is 0 Å². The first-order chi connectivity index (χ1) is 16.3. The van der Waals surface area contributed by atoms with E-state index < -0.39 is 5.60 Å². The van der Waals surface area contributed by atoms with Crippen molar-refractivity contribution in [2.24, 2.45) is 17.8 Å². The van der Waals surface area contributed by atoms with Crippen molar-refractivity contribution in [1.82, 2.24) is 20.2 Å². The van der Waals surface area contributed by atoms with Gasteiger partial charge in [0, 0.05) is 38.7 Å². The topological polar surface area (TPSA) is 98.7 Å². The van der Waals surface area contributed by atoms with Gasteiger partial charge in [-0.25, -0.2) is 9.97 Å². The van der Waals surface area contributed by atoms with Crippen LogP contribution in [0.3, 0.4) is 0 Å². The van der Waals surface area contributed by atoms with Crippen LogP contribution in [0.4, 0.5) is 5.95 Å². The molecule has 2 heterocycles. The van der Waals surface area contributed by atoms with Crippen LogP contribution < -0.4 is 10.2 Å². The van der Waals surface area contributed by atoms with E-state index >= 15 is 0 Å². The van der Waals surface area contributed by atoms with Crippen LogP contribution in [0.15, 0.2) is 6.20 Å². The van der Waals surface area contributed by atoms with Crippen LogP contribution in [0.2, 0.25) is 0 Å². The summed E-state index contributed by atoms with van der Waals surface area (Å²) in [5, 5.41) is 14.3. The number of likely N-dealkylation sites (tertiary alicyclic amines) is 1. The first kappa shape index (κ1) is 22.3. The van der Waals surface area contributed by atoms with Gasteiger partial charge >= 0.3 is 0 Å². The Morgan fingerprint density at radius 3 is 2.50 bits per heavy atom. The Balaban J connectivity index is 1.25. The molecule has 34 heavy (non-hydrogen) atoms. The number of carbonyl (C=O) groups excluding carboxylic acids is 2. The van der Waals surface area contributed by atoms with E-state index in [0.717, 1.165) is 69.9 Å². The first-order valence-electron chi connectivity index (χ1n) is 13.2. The molecule has 8 heteroatoms. The van der Waals surface area contributed by atoms with Crippen LogP contribution in [0, 0.1) is 17.8 Å². The maximum atomic E-state index is 13.6. The summed E-state index contributed by atoms with van der Waals surface area (Å²) in [7, 11) is 3.77. The van der Waals surface area contributed by atoms with E-state index in [4.69, 9.17) is 4.98 Å². The molecule has 0 spiro atoms. The number of nitrogens with one attached hydrogen (secondary N) is 1. The summed E-state index contributed by atoms with van der Waals surface area (Å²) in [5.74, 6) is 2.30. The molecule has 2 unspecified atom stereocenters. The molecule has 1 saturated heterocycles. The third kappa shape index (κ3) is 3.69. The maximum Gasteiger partial charge on any atom is 0.254 e. The van der Waals surface area contributed by atoms with E-state index in [1.807, 2.05) is 19.0 Å². The molecule has 3 atom stereocenters. The molecule has 6 fully saturated rings. The lowest BCUT2D eigenvalue weighted by molar-refractivity contribution is -0.137. The van der Waals surface area contributed by atoms with Gasteiger partial charge in [-0.05, 0) is 69.1 Å². The van der Waals surface area contributed by atoms with Crippen molar-refractivity contribution in [3.05, 3.63) is 17.5 Å². The van der Waals surface area contributed by atoms with Crippen molar-refractivity contribution in [3.8, 4) is 0 Å². The molecule has 7 rings (SSSR count). The second kappa shape index (κ2) is 8.18. The predicted molar refractivity (Wildman–Crippen MR) is 127 cm³/mol. The molecule has 2 amide bonds. The minimum Gasteiger partial charge on any atom is -0.390 e. The SMILES string of the molecule is CN1C(=O)CC[C@@H]1N(C)c1ncc(C(=O)NC2C3CC4CC2CC(O)(C4)C3)c(C2CCCC2)n1. The molecular formula is C26H37N5O3. The monoisotopic (exact) mass is 467 g/mol. The van der Waals surface area contributed by atoms with Crippen LogP contribution in [-0.4, -0.2) is 63.7 Å². The van der Waals surface area contributed by atoms with Gasteiger partial charge < -0.3 is 20.2 Å². The minimum atomic E-state index is -0.503. The molecule has 1 aliphatic heterocycles. The Bertz CT molecular complexity index is 977. The van der Waals surface area contributed by atoms with Gasteiger partial charge in [0.2, 0.25) is 11.9 Å². The zero-order chi connectivity index (χ0) is 23.6. The highest BCUT2D eigenvalue weighted by atomic mass is 16.3. The number of amides is 2. The van der Waals surface area contributed by atoms with Crippen LogP contribution in [0.1, 0.15) is 92.6 Å². The lowest BCUT2D eigenvalue weighted by Gasteiger charge is -2.58. The van der Waals surface area contributed by atoms with Gasteiger partial charge in [0.25, 0.3) is 5.91 Å². The van der Waals surface area contributed by atoms with Gasteiger partial charge in [-0.15, -0.1) is 0 Å². The quantitative estimate of drug-likeness (QED) is 0.691. The van der Waals surface area contributed by atoms with Crippen LogP contribution in [0.5, 0.6) is 0 Å². The standard InChI is InChI=1S/C26H37N5O3/c1-30-20(7-8-21(30)32)31(2)25-27-14-19(23(29-25)16-5-3-4-6-16)24(33)28-22-17-9-15-10-18(22)13-26(34,11-15)12-17/h14-18,20,22,34H,3-13H2,1-2H3,(H,28,33)/t15?,17?,18?,20-,22?,26?/m0/s1. The summed E-state index contributed by atoms with van der Waals surface area (Å²) in [5.41, 5.74) is 0.963. The Kier molecular flexibility index (Phi) is 5.35. The van der Waals surface area contributed by atoms with Crippen molar-refractivity contribution in [3.63, 3.8) is 0 Å². The van der Waals surface area contributed by atoms with Gasteiger partial charge in [-0.3, -0.25) is 9.59 Å². The molecule has 1 aromatic heterocycles. The second-order valence-electron chi connectivity index (χ2n) is 11.8. The van der Waals surface area contributed by atoms with Crippen molar-refractivity contribution >= 4 is 17.8 Å². The highest BCUT2D eigenvalue weighted by Gasteiger charge is 2.55. The number of aliphatic hydroxyl groups is 1. The number of aromatic nitrogens is 2. The highest BCUT2D eigenvalue weighted by Crippen LogP contribution is 2.55. The van der Waals surface area contributed by atoms with Gasteiger partial charge in [0.05, 0.1) is 16.9 Å². The lowest BCUT2D eigenvalue weighted by Crippen LogP contribution is -2.61. The fourth-order valence-electron chi connectivity index (χ4n) is 8.06. The molecule has 4 bridgehead atoms. The minimum absolute atomic E-state index is 0.0533. The smallest absolute Gasteiger partial charge is 0.254 e. The number of hydrogen-bond donors (Lipinski definition) is 2. The van der Waals surface area contributed by atoms with E-state index in [9.17, 15) is 14.7 Å². The third-order valence-electron chi connectivity index (χ3n) is 9.55. The number of carbonyl (C=O) groups is 2. The number of hydrogen-bond acceptors (Lipinski definition) is 6. The van der Waals surface area contributed by atoms with Crippen molar-refractivity contribution in [2.45, 2.75) is 94.4 Å². The average molecular weight is 468 g/mol. The second-order valence-corrected chi connectivity index (χ2v) is 11.8. The van der Waals surface area contributed by atoms with E-state index in [1.54, 1.807) is 11.1 Å². The summed E-state index contributed by atoms with van der Waals surface area (Å²) in [6, 6.07) is 0.140. The fourth-order valence-corrected chi connectivity index (χ4v) is 8.06. The molecule has 0 aromatic carbocycles. The van der Waals surface area contributed by atoms with Gasteiger partial charge in [-0.1, -0.05) is 12.8 Å². The maximum absolute atomic E-state index is 13.6. The molecule has 1 aromatic rings. The highest BCUT2D eigenvalue weighted by molar-refractivity contribution is 5.95. The van der Waals surface area contributed by atoms with E-state index in [0.29, 0.717) is 35.7 Å². The first-order valence-corrected chi connectivity index (χ1v) is 13.2. The molecule has 2 N–H and O–H groups in total. The van der Waals surface area contributed by atoms with E-state index in [2.05, 4.69) is 10.3 Å². The van der Waals surface area contributed by atoms with Crippen LogP contribution in [-0.2, 0) is 4.79 Å². The summed E-state index contributed by atoms with van der Waals surface area (Å²) < 4.78 is 0. The summed E-state index contributed by atoms with van der Waals surface area (Å²) in [4.78, 5) is 38.9. The molecule has 0 radical (unpaired) electrons. The Labute approximate surface area is 201 Å².